The first-order valence-electron chi connectivity index (χ1n) is 12.4. The molecular weight excluding hydrogens is 492 g/mol. The number of para-hydroxylation sites is 1. The van der Waals surface area contributed by atoms with Crippen molar-refractivity contribution in [2.24, 2.45) is 0 Å². The van der Waals surface area contributed by atoms with Gasteiger partial charge in [0.15, 0.2) is 5.13 Å². The molecule has 190 valence electrons. The van der Waals surface area contributed by atoms with Crippen LogP contribution < -0.4 is 10.1 Å². The third kappa shape index (κ3) is 5.31. The van der Waals surface area contributed by atoms with E-state index < -0.39 is 11.5 Å². The van der Waals surface area contributed by atoms with Crippen molar-refractivity contribution >= 4 is 22.4 Å². The van der Waals surface area contributed by atoms with E-state index in [-0.39, 0.29) is 0 Å². The van der Waals surface area contributed by atoms with Crippen molar-refractivity contribution < 1.29 is 14.3 Å². The van der Waals surface area contributed by atoms with Crippen LogP contribution in [0.2, 0.25) is 0 Å². The number of benzene rings is 4. The van der Waals surface area contributed by atoms with Crippen LogP contribution in [0.5, 0.6) is 5.75 Å². The van der Waals surface area contributed by atoms with E-state index in [9.17, 15) is 4.79 Å². The van der Waals surface area contributed by atoms with Crippen LogP contribution in [-0.2, 0) is 16.7 Å². The van der Waals surface area contributed by atoms with Crippen LogP contribution >= 0.6 is 11.3 Å². The van der Waals surface area contributed by atoms with Gasteiger partial charge in [-0.15, -0.1) is 11.3 Å². The highest BCUT2D eigenvalue weighted by Gasteiger charge is 2.37. The molecule has 5 rings (SSSR count). The summed E-state index contributed by atoms with van der Waals surface area (Å²) in [4.78, 5) is 16.9. The van der Waals surface area contributed by atoms with Gasteiger partial charge in [0.1, 0.15) is 16.9 Å². The Labute approximate surface area is 226 Å². The zero-order chi connectivity index (χ0) is 26.2. The minimum Gasteiger partial charge on any atom is -0.492 e. The molecule has 0 spiro atoms. The monoisotopic (exact) mass is 520 g/mol. The Bertz CT molecular complexity index is 1370. The van der Waals surface area contributed by atoms with Gasteiger partial charge in [-0.1, -0.05) is 103 Å². The van der Waals surface area contributed by atoms with Gasteiger partial charge < -0.3 is 14.8 Å². The molecule has 0 fully saturated rings. The first-order chi connectivity index (χ1) is 18.7. The molecule has 4 aromatic carbocycles. The molecule has 0 aliphatic heterocycles. The summed E-state index contributed by atoms with van der Waals surface area (Å²) in [5.41, 5.74) is 4.06. The Hall–Kier alpha value is -4.42. The standard InChI is InChI=1S/C32H28N2O3S/c1-36-30(35)28-19-11-12-20-29(28)37-22-21-27-23-38-31(33-27)34-32(24-13-5-2-6-14-24,25-15-7-3-8-16-25)26-17-9-4-10-18-26/h2-20,23H,21-22H2,1H3,(H,33,34). The van der Waals surface area contributed by atoms with E-state index in [0.29, 0.717) is 24.3 Å². The molecule has 0 saturated carbocycles. The highest BCUT2D eigenvalue weighted by Crippen LogP contribution is 2.40. The molecule has 5 nitrogen and oxygen atoms in total. The van der Waals surface area contributed by atoms with Gasteiger partial charge in [0.05, 0.1) is 19.4 Å². The second-order valence-electron chi connectivity index (χ2n) is 8.70. The van der Waals surface area contributed by atoms with Crippen LogP contribution in [0, 0.1) is 0 Å². The second-order valence-corrected chi connectivity index (χ2v) is 9.56. The fraction of sp³-hybridized carbons (Fsp3) is 0.125. The lowest BCUT2D eigenvalue weighted by Gasteiger charge is -2.36. The SMILES string of the molecule is COC(=O)c1ccccc1OCCc1csc(NC(c2ccccc2)(c2ccccc2)c2ccccc2)n1. The van der Waals surface area contributed by atoms with Gasteiger partial charge in [-0.25, -0.2) is 9.78 Å². The molecule has 0 aliphatic rings. The lowest BCUT2D eigenvalue weighted by atomic mass is 9.77. The predicted molar refractivity (Wildman–Crippen MR) is 152 cm³/mol. The zero-order valence-electron chi connectivity index (χ0n) is 21.0. The number of hydrogen-bond donors (Lipinski definition) is 1. The van der Waals surface area contributed by atoms with Crippen LogP contribution in [0.3, 0.4) is 0 Å². The lowest BCUT2D eigenvalue weighted by molar-refractivity contribution is 0.0596. The Morgan fingerprint density at radius 3 is 1.87 bits per heavy atom. The van der Waals surface area contributed by atoms with E-state index >= 15 is 0 Å². The molecule has 1 aromatic heterocycles. The molecular formula is C32H28N2O3S. The van der Waals surface area contributed by atoms with Crippen LogP contribution in [0.25, 0.3) is 0 Å². The van der Waals surface area contributed by atoms with Crippen molar-refractivity contribution in [2.75, 3.05) is 19.0 Å². The molecule has 1 N–H and O–H groups in total. The number of nitrogens with one attached hydrogen (secondary N) is 1. The number of methoxy groups -OCH3 is 1. The van der Waals surface area contributed by atoms with Crippen LogP contribution in [0.1, 0.15) is 32.7 Å². The first kappa shape index (κ1) is 25.2. The molecule has 0 atom stereocenters. The summed E-state index contributed by atoms with van der Waals surface area (Å²) >= 11 is 1.57. The van der Waals surface area contributed by atoms with Gasteiger partial charge in [-0.05, 0) is 28.8 Å². The molecule has 0 bridgehead atoms. The molecule has 0 radical (unpaired) electrons. The van der Waals surface area contributed by atoms with Crippen LogP contribution in [0.4, 0.5) is 5.13 Å². The number of carbonyl (C=O) groups excluding carboxylic acids is 1. The van der Waals surface area contributed by atoms with Gasteiger partial charge in [-0.2, -0.15) is 0 Å². The number of aromatic nitrogens is 1. The third-order valence-corrected chi connectivity index (χ3v) is 7.18. The first-order valence-corrected chi connectivity index (χ1v) is 13.3. The number of esters is 1. The Morgan fingerprint density at radius 2 is 1.32 bits per heavy atom. The fourth-order valence-electron chi connectivity index (χ4n) is 4.56. The maximum absolute atomic E-state index is 12.0. The second kappa shape index (κ2) is 11.8. The van der Waals surface area contributed by atoms with Crippen molar-refractivity contribution in [3.63, 3.8) is 0 Å². The number of carbonyl (C=O) groups is 1. The number of thiazole rings is 1. The maximum Gasteiger partial charge on any atom is 0.341 e. The molecule has 38 heavy (non-hydrogen) atoms. The van der Waals surface area contributed by atoms with E-state index in [2.05, 4.69) is 78.1 Å². The van der Waals surface area contributed by atoms with Gasteiger partial charge in [0, 0.05) is 11.8 Å². The average Bonchev–Trinajstić information content (AvgIpc) is 3.44. The number of anilines is 1. The summed E-state index contributed by atoms with van der Waals surface area (Å²) in [6.07, 6.45) is 0.600. The third-order valence-electron chi connectivity index (χ3n) is 6.37. The molecule has 0 saturated heterocycles. The van der Waals surface area contributed by atoms with E-state index in [1.54, 1.807) is 29.5 Å². The summed E-state index contributed by atoms with van der Waals surface area (Å²) in [6.45, 7) is 0.387. The van der Waals surface area contributed by atoms with Gasteiger partial charge in [-0.3, -0.25) is 0 Å². The fourth-order valence-corrected chi connectivity index (χ4v) is 5.36. The Morgan fingerprint density at radius 1 is 0.789 bits per heavy atom. The number of ether oxygens (including phenoxy) is 2. The Balaban J connectivity index is 1.42. The van der Waals surface area contributed by atoms with Gasteiger partial charge in [0.2, 0.25) is 0 Å². The summed E-state index contributed by atoms with van der Waals surface area (Å²) in [6, 6.07) is 38.5. The highest BCUT2D eigenvalue weighted by molar-refractivity contribution is 7.13. The summed E-state index contributed by atoms with van der Waals surface area (Å²) < 4.78 is 10.8. The average molecular weight is 521 g/mol. The molecule has 0 unspecified atom stereocenters. The van der Waals surface area contributed by atoms with Gasteiger partial charge >= 0.3 is 5.97 Å². The van der Waals surface area contributed by atoms with Crippen LogP contribution in [-0.4, -0.2) is 24.7 Å². The molecule has 0 amide bonds. The number of nitrogens with zero attached hydrogens (tertiary/aromatic N) is 1. The van der Waals surface area contributed by atoms with Gasteiger partial charge in [0.25, 0.3) is 0 Å². The number of rotatable bonds is 10. The molecule has 1 heterocycles. The zero-order valence-corrected chi connectivity index (χ0v) is 21.9. The highest BCUT2D eigenvalue weighted by atomic mass is 32.1. The Kier molecular flexibility index (Phi) is 7.81. The van der Waals surface area contributed by atoms with Crippen molar-refractivity contribution in [3.8, 4) is 5.75 Å². The van der Waals surface area contributed by atoms with E-state index in [1.807, 2.05) is 29.6 Å². The van der Waals surface area contributed by atoms with Crippen molar-refractivity contribution in [2.45, 2.75) is 12.0 Å². The summed E-state index contributed by atoms with van der Waals surface area (Å²) in [5, 5.41) is 6.66. The van der Waals surface area contributed by atoms with E-state index in [0.717, 1.165) is 27.5 Å². The van der Waals surface area contributed by atoms with E-state index in [4.69, 9.17) is 14.5 Å². The normalized spacial score (nSPS) is 11.1. The minimum absolute atomic E-state index is 0.387. The van der Waals surface area contributed by atoms with Crippen LogP contribution in [0.15, 0.2) is 121 Å². The molecule has 5 aromatic rings. The predicted octanol–water partition coefficient (Wildman–Crippen LogP) is 6.96. The molecule has 6 heteroatoms. The van der Waals surface area contributed by atoms with Crippen molar-refractivity contribution in [1.82, 2.24) is 4.98 Å². The molecule has 0 aliphatic carbocycles. The van der Waals surface area contributed by atoms with Crippen molar-refractivity contribution in [1.29, 1.82) is 0 Å². The smallest absolute Gasteiger partial charge is 0.341 e. The number of hydrogen-bond acceptors (Lipinski definition) is 6. The summed E-state index contributed by atoms with van der Waals surface area (Å²) in [7, 11) is 1.36. The van der Waals surface area contributed by atoms with Crippen molar-refractivity contribution in [3.05, 3.63) is 149 Å². The van der Waals surface area contributed by atoms with E-state index in [1.165, 1.54) is 7.11 Å². The largest absolute Gasteiger partial charge is 0.492 e. The lowest BCUT2D eigenvalue weighted by Crippen LogP contribution is -2.38. The topological polar surface area (TPSA) is 60.5 Å². The minimum atomic E-state index is -0.630. The maximum atomic E-state index is 12.0. The summed E-state index contributed by atoms with van der Waals surface area (Å²) in [5.74, 6) is 0.0870. The quantitative estimate of drug-likeness (QED) is 0.159.